The number of benzene rings is 1. The summed E-state index contributed by atoms with van der Waals surface area (Å²) in [5, 5.41) is 1.53. The fourth-order valence-corrected chi connectivity index (χ4v) is 2.45. The zero-order chi connectivity index (χ0) is 14.1. The number of nitrogens with two attached hydrogens (primary N) is 1. The maximum atomic E-state index is 12.6. The van der Waals surface area contributed by atoms with E-state index in [1.165, 1.54) is 0 Å². The highest BCUT2D eigenvalue weighted by Crippen LogP contribution is 2.20. The van der Waals surface area contributed by atoms with Gasteiger partial charge < -0.3 is 5.73 Å². The molecule has 0 aliphatic carbocycles. The van der Waals surface area contributed by atoms with E-state index in [9.17, 15) is 4.79 Å². The van der Waals surface area contributed by atoms with Gasteiger partial charge in [-0.05, 0) is 36.6 Å². The number of hydrogen-bond donors (Lipinski definition) is 1. The summed E-state index contributed by atoms with van der Waals surface area (Å²) in [6, 6.07) is 14.7. The van der Waals surface area contributed by atoms with Crippen molar-refractivity contribution in [2.45, 2.75) is 13.0 Å². The van der Waals surface area contributed by atoms with E-state index in [4.69, 9.17) is 5.73 Å². The zero-order valence-corrected chi connectivity index (χ0v) is 11.2. The van der Waals surface area contributed by atoms with Gasteiger partial charge in [-0.25, -0.2) is 0 Å². The van der Waals surface area contributed by atoms with Crippen molar-refractivity contribution in [2.24, 2.45) is 0 Å². The number of aromatic nitrogens is 2. The fraction of sp³-hybridized carbons (Fsp3) is 0.125. The lowest BCUT2D eigenvalue weighted by Gasteiger charge is -2.18. The lowest BCUT2D eigenvalue weighted by molar-refractivity contribution is 0.612. The van der Waals surface area contributed by atoms with E-state index in [-0.39, 0.29) is 11.6 Å². The summed E-state index contributed by atoms with van der Waals surface area (Å²) in [6.07, 6.45) is 1.72. The van der Waals surface area contributed by atoms with Gasteiger partial charge in [-0.2, -0.15) is 0 Å². The largest absolute Gasteiger partial charge is 0.385 e. The summed E-state index contributed by atoms with van der Waals surface area (Å²) in [4.78, 5) is 16.9. The molecule has 3 rings (SSSR count). The number of nitrogen functional groups attached to an aromatic ring is 1. The van der Waals surface area contributed by atoms with Crippen LogP contribution in [0.3, 0.4) is 0 Å². The molecule has 0 bridgehead atoms. The topological polar surface area (TPSA) is 60.9 Å². The smallest absolute Gasteiger partial charge is 0.260 e. The van der Waals surface area contributed by atoms with Gasteiger partial charge in [0.2, 0.25) is 0 Å². The van der Waals surface area contributed by atoms with Crippen molar-refractivity contribution in [2.75, 3.05) is 5.73 Å². The molecule has 2 N–H and O–H groups in total. The Bertz CT molecular complexity index is 809. The van der Waals surface area contributed by atoms with Gasteiger partial charge in [-0.3, -0.25) is 14.3 Å². The average Bonchev–Trinajstić information content (AvgIpc) is 2.48. The molecule has 0 aliphatic heterocycles. The van der Waals surface area contributed by atoms with Gasteiger partial charge in [0.1, 0.15) is 5.82 Å². The molecule has 4 heteroatoms. The van der Waals surface area contributed by atoms with Crippen LogP contribution in [0.4, 0.5) is 5.82 Å². The highest BCUT2D eigenvalue weighted by atomic mass is 16.1. The Morgan fingerprint density at radius 2 is 1.90 bits per heavy atom. The van der Waals surface area contributed by atoms with Crippen molar-refractivity contribution in [3.63, 3.8) is 0 Å². The molecule has 1 aromatic carbocycles. The minimum atomic E-state index is -0.201. The van der Waals surface area contributed by atoms with Crippen LogP contribution in [-0.4, -0.2) is 9.55 Å². The van der Waals surface area contributed by atoms with Crippen LogP contribution in [-0.2, 0) is 0 Å². The molecule has 0 radical (unpaired) electrons. The quantitative estimate of drug-likeness (QED) is 0.774. The molecule has 0 saturated heterocycles. The molecule has 3 aromatic rings. The van der Waals surface area contributed by atoms with E-state index in [2.05, 4.69) is 4.98 Å². The summed E-state index contributed by atoms with van der Waals surface area (Å²) >= 11 is 0. The second-order valence-electron chi connectivity index (χ2n) is 4.76. The number of rotatable bonds is 2. The molecule has 20 heavy (non-hydrogen) atoms. The molecule has 0 saturated carbocycles. The van der Waals surface area contributed by atoms with E-state index in [1.807, 2.05) is 55.5 Å². The Hall–Kier alpha value is -2.62. The van der Waals surface area contributed by atoms with Gasteiger partial charge in [0, 0.05) is 11.6 Å². The van der Waals surface area contributed by atoms with Crippen LogP contribution < -0.4 is 11.3 Å². The Labute approximate surface area is 116 Å². The molecule has 4 nitrogen and oxygen atoms in total. The van der Waals surface area contributed by atoms with Crippen molar-refractivity contribution in [1.82, 2.24) is 9.55 Å². The molecule has 2 heterocycles. The van der Waals surface area contributed by atoms with E-state index in [0.29, 0.717) is 11.2 Å². The minimum absolute atomic E-state index is 0.0845. The van der Waals surface area contributed by atoms with Crippen molar-refractivity contribution >= 4 is 16.6 Å². The number of anilines is 1. The SMILES string of the molecule is CC(c1ccccn1)n1c(N)cc2ccccc2c1=O. The van der Waals surface area contributed by atoms with Gasteiger partial charge >= 0.3 is 0 Å². The second-order valence-corrected chi connectivity index (χ2v) is 4.76. The molecule has 0 aliphatic rings. The summed E-state index contributed by atoms with van der Waals surface area (Å²) < 4.78 is 1.59. The molecule has 0 spiro atoms. The fourth-order valence-electron chi connectivity index (χ4n) is 2.45. The summed E-state index contributed by atoms with van der Waals surface area (Å²) in [6.45, 7) is 1.93. The molecular formula is C16H15N3O. The van der Waals surface area contributed by atoms with Gasteiger partial charge in [-0.15, -0.1) is 0 Å². The average molecular weight is 265 g/mol. The maximum Gasteiger partial charge on any atom is 0.260 e. The van der Waals surface area contributed by atoms with E-state index < -0.39 is 0 Å². The first-order valence-electron chi connectivity index (χ1n) is 6.49. The molecule has 1 atom stereocenters. The van der Waals surface area contributed by atoms with Crippen LogP contribution in [0, 0.1) is 0 Å². The first-order valence-corrected chi connectivity index (χ1v) is 6.49. The summed E-state index contributed by atoms with van der Waals surface area (Å²) in [5.41, 5.74) is 6.79. The van der Waals surface area contributed by atoms with Crippen LogP contribution in [0.25, 0.3) is 10.8 Å². The van der Waals surface area contributed by atoms with Gasteiger partial charge in [-0.1, -0.05) is 24.3 Å². The van der Waals surface area contributed by atoms with Crippen LogP contribution in [0.5, 0.6) is 0 Å². The molecule has 0 fully saturated rings. The van der Waals surface area contributed by atoms with E-state index in [0.717, 1.165) is 11.1 Å². The first kappa shape index (κ1) is 12.4. The standard InChI is InChI=1S/C16H15N3O/c1-11(14-8-4-5-9-18-14)19-15(17)10-12-6-2-3-7-13(12)16(19)20/h2-11H,17H2,1H3. The minimum Gasteiger partial charge on any atom is -0.385 e. The van der Waals surface area contributed by atoms with Gasteiger partial charge in [0.25, 0.3) is 5.56 Å². The Kier molecular flexibility index (Phi) is 2.99. The first-order chi connectivity index (χ1) is 9.68. The lowest BCUT2D eigenvalue weighted by Crippen LogP contribution is -2.27. The zero-order valence-electron chi connectivity index (χ0n) is 11.2. The van der Waals surface area contributed by atoms with Crippen LogP contribution in [0.2, 0.25) is 0 Å². The van der Waals surface area contributed by atoms with Crippen molar-refractivity contribution in [1.29, 1.82) is 0 Å². The highest BCUT2D eigenvalue weighted by molar-refractivity contribution is 5.83. The molecular weight excluding hydrogens is 250 g/mol. The van der Waals surface area contributed by atoms with Crippen LogP contribution in [0.1, 0.15) is 18.7 Å². The van der Waals surface area contributed by atoms with E-state index in [1.54, 1.807) is 10.8 Å². The van der Waals surface area contributed by atoms with Gasteiger partial charge in [0.05, 0.1) is 11.7 Å². The number of nitrogens with zero attached hydrogens (tertiary/aromatic N) is 2. The molecule has 1 unspecified atom stereocenters. The Morgan fingerprint density at radius 1 is 1.15 bits per heavy atom. The Morgan fingerprint density at radius 3 is 2.65 bits per heavy atom. The number of fused-ring (bicyclic) bond motifs is 1. The molecule has 2 aromatic heterocycles. The Balaban J connectivity index is 2.24. The monoisotopic (exact) mass is 265 g/mol. The van der Waals surface area contributed by atoms with Crippen LogP contribution in [0.15, 0.2) is 59.5 Å². The third kappa shape index (κ3) is 1.95. The molecule has 0 amide bonds. The van der Waals surface area contributed by atoms with Crippen LogP contribution >= 0.6 is 0 Å². The lowest BCUT2D eigenvalue weighted by atomic mass is 10.1. The number of pyridine rings is 2. The molecule has 100 valence electrons. The summed E-state index contributed by atoms with van der Waals surface area (Å²) in [7, 11) is 0. The normalized spacial score (nSPS) is 12.4. The third-order valence-electron chi connectivity index (χ3n) is 3.49. The van der Waals surface area contributed by atoms with Crippen molar-refractivity contribution < 1.29 is 0 Å². The predicted molar refractivity (Wildman–Crippen MR) is 80.7 cm³/mol. The van der Waals surface area contributed by atoms with Crippen molar-refractivity contribution in [3.05, 3.63) is 70.8 Å². The predicted octanol–water partition coefficient (Wildman–Crippen LogP) is 2.59. The maximum absolute atomic E-state index is 12.6. The number of hydrogen-bond acceptors (Lipinski definition) is 3. The van der Waals surface area contributed by atoms with E-state index >= 15 is 0 Å². The van der Waals surface area contributed by atoms with Gasteiger partial charge in [0.15, 0.2) is 0 Å². The second kappa shape index (κ2) is 4.81. The highest BCUT2D eigenvalue weighted by Gasteiger charge is 2.15. The third-order valence-corrected chi connectivity index (χ3v) is 3.49. The summed E-state index contributed by atoms with van der Waals surface area (Å²) in [5.74, 6) is 0.451. The van der Waals surface area contributed by atoms with Crippen molar-refractivity contribution in [3.8, 4) is 0 Å².